The highest BCUT2D eigenvalue weighted by Gasteiger charge is 2.17. The highest BCUT2D eigenvalue weighted by molar-refractivity contribution is 5.76. The fourth-order valence-corrected chi connectivity index (χ4v) is 6.39. The van der Waals surface area contributed by atoms with Crippen molar-refractivity contribution in [2.45, 2.75) is 238 Å². The van der Waals surface area contributed by atoms with Gasteiger partial charge in [-0.15, -0.1) is 0 Å². The molecule has 0 fully saturated rings. The lowest BCUT2D eigenvalue weighted by Gasteiger charge is -2.20. The standard InChI is InChI=1S/C43H83NO3/c1-3-5-7-9-11-13-15-16-17-18-19-20-21-22-23-24-25-26-27-28-29-30-32-34-36-38-42(46)41(40-45)44-43(47)39-37-35-33-31-14-12-10-8-6-4-2/h10,12,36,38,41-42,45-46H,3-9,11,13-35,37,39-40H2,1-2H3,(H,44,47)/b12-10-,38-36+. The van der Waals surface area contributed by atoms with Crippen molar-refractivity contribution >= 4 is 5.91 Å². The van der Waals surface area contributed by atoms with Crippen molar-refractivity contribution in [1.82, 2.24) is 5.32 Å². The number of unbranched alkanes of at least 4 members (excludes halogenated alkanes) is 29. The van der Waals surface area contributed by atoms with Crippen molar-refractivity contribution in [2.75, 3.05) is 6.61 Å². The Labute approximate surface area is 294 Å². The van der Waals surface area contributed by atoms with Gasteiger partial charge in [0, 0.05) is 6.42 Å². The Balaban J connectivity index is 3.49. The van der Waals surface area contributed by atoms with Crippen LogP contribution in [0.15, 0.2) is 24.3 Å². The molecule has 2 atom stereocenters. The number of aliphatic hydroxyl groups is 2. The van der Waals surface area contributed by atoms with E-state index in [1.54, 1.807) is 6.08 Å². The van der Waals surface area contributed by atoms with Gasteiger partial charge in [-0.25, -0.2) is 0 Å². The van der Waals surface area contributed by atoms with E-state index in [0.29, 0.717) is 6.42 Å². The minimum absolute atomic E-state index is 0.0780. The molecule has 47 heavy (non-hydrogen) atoms. The second-order valence-electron chi connectivity index (χ2n) is 14.4. The summed E-state index contributed by atoms with van der Waals surface area (Å²) in [4.78, 5) is 12.3. The van der Waals surface area contributed by atoms with Crippen LogP contribution in [0.25, 0.3) is 0 Å². The number of hydrogen-bond donors (Lipinski definition) is 3. The predicted octanol–water partition coefficient (Wildman–Crippen LogP) is 12.8. The van der Waals surface area contributed by atoms with Crippen molar-refractivity contribution in [3.63, 3.8) is 0 Å². The molecule has 0 aliphatic rings. The fraction of sp³-hybridized carbons (Fsp3) is 0.884. The van der Waals surface area contributed by atoms with Crippen LogP contribution in [0.4, 0.5) is 0 Å². The van der Waals surface area contributed by atoms with Gasteiger partial charge in [0.2, 0.25) is 5.91 Å². The fourth-order valence-electron chi connectivity index (χ4n) is 6.39. The molecule has 0 spiro atoms. The Morgan fingerprint density at radius 2 is 0.830 bits per heavy atom. The number of aliphatic hydroxyl groups excluding tert-OH is 2. The average molecular weight is 662 g/mol. The molecule has 0 radical (unpaired) electrons. The number of amides is 1. The molecule has 0 bridgehead atoms. The minimum atomic E-state index is -0.840. The number of allylic oxidation sites excluding steroid dienone is 3. The SMILES string of the molecule is CCCC/C=C\CCCCCCC(=O)NC(CO)C(O)/C=C/CCCCCCCCCCCCCCCCCCCCCCCCC. The molecule has 0 aromatic heterocycles. The zero-order valence-corrected chi connectivity index (χ0v) is 31.8. The first-order chi connectivity index (χ1) is 23.2. The summed E-state index contributed by atoms with van der Waals surface area (Å²) in [7, 11) is 0. The summed E-state index contributed by atoms with van der Waals surface area (Å²) < 4.78 is 0. The van der Waals surface area contributed by atoms with Crippen molar-refractivity contribution in [2.24, 2.45) is 0 Å². The predicted molar refractivity (Wildman–Crippen MR) is 207 cm³/mol. The second kappa shape index (κ2) is 39.3. The third kappa shape index (κ3) is 36.0. The van der Waals surface area contributed by atoms with Crippen LogP contribution >= 0.6 is 0 Å². The highest BCUT2D eigenvalue weighted by Crippen LogP contribution is 2.16. The van der Waals surface area contributed by atoms with Crippen LogP contribution in [0.5, 0.6) is 0 Å². The Kier molecular flexibility index (Phi) is 38.4. The summed E-state index contributed by atoms with van der Waals surface area (Å²) in [5.74, 6) is -0.0780. The molecule has 278 valence electrons. The van der Waals surface area contributed by atoms with Gasteiger partial charge < -0.3 is 15.5 Å². The van der Waals surface area contributed by atoms with Crippen LogP contribution in [-0.2, 0) is 4.79 Å². The van der Waals surface area contributed by atoms with Gasteiger partial charge in [-0.1, -0.05) is 205 Å². The monoisotopic (exact) mass is 662 g/mol. The first-order valence-electron chi connectivity index (χ1n) is 21.1. The molecule has 4 nitrogen and oxygen atoms in total. The molecule has 2 unspecified atom stereocenters. The van der Waals surface area contributed by atoms with Crippen LogP contribution in [0, 0.1) is 0 Å². The van der Waals surface area contributed by atoms with E-state index in [-0.39, 0.29) is 12.5 Å². The smallest absolute Gasteiger partial charge is 0.220 e. The maximum Gasteiger partial charge on any atom is 0.220 e. The number of carbonyl (C=O) groups is 1. The average Bonchev–Trinajstić information content (AvgIpc) is 3.07. The number of rotatable bonds is 38. The summed E-state index contributed by atoms with van der Waals surface area (Å²) in [6.45, 7) is 4.26. The quantitative estimate of drug-likeness (QED) is 0.0455. The molecule has 1 amide bonds. The molecule has 0 aliphatic heterocycles. The van der Waals surface area contributed by atoms with Crippen molar-refractivity contribution in [3.05, 3.63) is 24.3 Å². The largest absolute Gasteiger partial charge is 0.394 e. The lowest BCUT2D eigenvalue weighted by Crippen LogP contribution is -2.45. The van der Waals surface area contributed by atoms with Gasteiger partial charge in [0.15, 0.2) is 0 Å². The molecule has 0 aliphatic carbocycles. The maximum absolute atomic E-state index is 12.3. The number of hydrogen-bond acceptors (Lipinski definition) is 3. The van der Waals surface area contributed by atoms with E-state index in [9.17, 15) is 15.0 Å². The van der Waals surface area contributed by atoms with Crippen LogP contribution < -0.4 is 5.32 Å². The normalized spacial score (nSPS) is 13.2. The molecular weight excluding hydrogens is 578 g/mol. The Hall–Kier alpha value is -1.13. The third-order valence-corrected chi connectivity index (χ3v) is 9.68. The summed E-state index contributed by atoms with van der Waals surface area (Å²) in [6, 6.07) is -0.624. The molecule has 0 aromatic rings. The highest BCUT2D eigenvalue weighted by atomic mass is 16.3. The van der Waals surface area contributed by atoms with Gasteiger partial charge in [0.05, 0.1) is 18.8 Å². The van der Waals surface area contributed by atoms with E-state index in [0.717, 1.165) is 38.5 Å². The minimum Gasteiger partial charge on any atom is -0.394 e. The third-order valence-electron chi connectivity index (χ3n) is 9.68. The summed E-state index contributed by atoms with van der Waals surface area (Å²) >= 11 is 0. The van der Waals surface area contributed by atoms with E-state index < -0.39 is 12.1 Å². The first kappa shape index (κ1) is 45.9. The van der Waals surface area contributed by atoms with Gasteiger partial charge in [-0.2, -0.15) is 0 Å². The molecule has 0 rings (SSSR count). The maximum atomic E-state index is 12.3. The van der Waals surface area contributed by atoms with E-state index in [4.69, 9.17) is 0 Å². The Morgan fingerprint density at radius 1 is 0.489 bits per heavy atom. The molecule has 4 heteroatoms. The van der Waals surface area contributed by atoms with Gasteiger partial charge >= 0.3 is 0 Å². The number of carbonyl (C=O) groups excluding carboxylic acids is 1. The van der Waals surface area contributed by atoms with Crippen molar-refractivity contribution in [3.8, 4) is 0 Å². The Bertz CT molecular complexity index is 676. The van der Waals surface area contributed by atoms with E-state index in [1.165, 1.54) is 167 Å². The van der Waals surface area contributed by atoms with Gasteiger partial charge in [0.25, 0.3) is 0 Å². The van der Waals surface area contributed by atoms with E-state index >= 15 is 0 Å². The lowest BCUT2D eigenvalue weighted by atomic mass is 10.0. The summed E-state index contributed by atoms with van der Waals surface area (Å²) in [6.07, 6.45) is 50.1. The van der Waals surface area contributed by atoms with E-state index in [2.05, 4.69) is 31.3 Å². The summed E-state index contributed by atoms with van der Waals surface area (Å²) in [5, 5.41) is 22.9. The molecule has 0 heterocycles. The zero-order chi connectivity index (χ0) is 34.3. The zero-order valence-electron chi connectivity index (χ0n) is 31.8. The van der Waals surface area contributed by atoms with Gasteiger partial charge in [-0.3, -0.25) is 4.79 Å². The summed E-state index contributed by atoms with van der Waals surface area (Å²) in [5.41, 5.74) is 0. The second-order valence-corrected chi connectivity index (χ2v) is 14.4. The Morgan fingerprint density at radius 3 is 1.23 bits per heavy atom. The van der Waals surface area contributed by atoms with Gasteiger partial charge in [0.1, 0.15) is 0 Å². The number of nitrogens with one attached hydrogen (secondary N) is 1. The first-order valence-corrected chi connectivity index (χ1v) is 21.1. The molecule has 0 aromatic carbocycles. The van der Waals surface area contributed by atoms with Crippen molar-refractivity contribution in [1.29, 1.82) is 0 Å². The van der Waals surface area contributed by atoms with Crippen LogP contribution in [0.1, 0.15) is 226 Å². The van der Waals surface area contributed by atoms with Crippen LogP contribution in [0.2, 0.25) is 0 Å². The lowest BCUT2D eigenvalue weighted by molar-refractivity contribution is -0.123. The molecule has 0 saturated carbocycles. The molecular formula is C43H83NO3. The van der Waals surface area contributed by atoms with Crippen LogP contribution in [0.3, 0.4) is 0 Å². The van der Waals surface area contributed by atoms with Crippen LogP contribution in [-0.4, -0.2) is 34.9 Å². The van der Waals surface area contributed by atoms with Gasteiger partial charge in [-0.05, 0) is 38.5 Å². The topological polar surface area (TPSA) is 69.6 Å². The van der Waals surface area contributed by atoms with Crippen molar-refractivity contribution < 1.29 is 15.0 Å². The molecule has 3 N–H and O–H groups in total. The molecule has 0 saturated heterocycles. The van der Waals surface area contributed by atoms with E-state index in [1.807, 2.05) is 6.08 Å².